The first-order chi connectivity index (χ1) is 5.00. The minimum atomic E-state index is 0.990. The molecular weight excluding hydrogens is 306 g/mol. The Kier molecular flexibility index (Phi) is 4.79. The van der Waals surface area contributed by atoms with Crippen molar-refractivity contribution in [1.82, 2.24) is 0 Å². The Morgan fingerprint density at radius 2 is 1.64 bits per heavy atom. The molecule has 0 aliphatic rings. The second-order valence-corrected chi connectivity index (χ2v) is 4.17. The molecule has 0 fully saturated rings. The van der Waals surface area contributed by atoms with Gasteiger partial charge in [0.1, 0.15) is 0 Å². The first-order valence-corrected chi connectivity index (χ1v) is 5.08. The Morgan fingerprint density at radius 3 is 1.91 bits per heavy atom. The molecule has 0 radical (unpaired) electrons. The van der Waals surface area contributed by atoms with Gasteiger partial charge in [-0.3, -0.25) is 0 Å². The normalized spacial score (nSPS) is 14.5. The van der Waals surface area contributed by atoms with E-state index in [0.29, 0.717) is 0 Å². The van der Waals surface area contributed by atoms with Crippen LogP contribution in [0.1, 0.15) is 27.7 Å². The van der Waals surface area contributed by atoms with E-state index in [9.17, 15) is 0 Å². The first-order valence-electron chi connectivity index (χ1n) is 3.61. The molecule has 11 heavy (non-hydrogen) atoms. The molecule has 0 aromatic carbocycles. The number of nitrogens with two attached hydrogens (primary N) is 1. The third kappa shape index (κ3) is 3.26. The summed E-state index contributed by atoms with van der Waals surface area (Å²) in [5.74, 6) is 0. The van der Waals surface area contributed by atoms with E-state index in [0.717, 1.165) is 4.02 Å². The van der Waals surface area contributed by atoms with Crippen LogP contribution in [0.2, 0.25) is 0 Å². The van der Waals surface area contributed by atoms with Crippen molar-refractivity contribution in [2.75, 3.05) is 0 Å². The summed E-state index contributed by atoms with van der Waals surface area (Å²) >= 11 is 1.35. The van der Waals surface area contributed by atoms with Gasteiger partial charge in [0, 0.05) is 0 Å². The number of hydrogen-bond donors (Lipinski definition) is 1. The molecule has 0 aromatic heterocycles. The van der Waals surface area contributed by atoms with Gasteiger partial charge in [0.25, 0.3) is 0 Å². The van der Waals surface area contributed by atoms with Gasteiger partial charge in [0.05, 0.1) is 0 Å². The molecule has 0 bridgehead atoms. The van der Waals surface area contributed by atoms with Crippen molar-refractivity contribution in [1.29, 1.82) is 0 Å². The van der Waals surface area contributed by atoms with Crippen LogP contribution in [0.15, 0.2) is 22.8 Å². The zero-order chi connectivity index (χ0) is 9.02. The molecule has 0 amide bonds. The number of hydrogen-bond acceptors (Lipinski definition) is 1. The van der Waals surface area contributed by atoms with E-state index in [4.69, 9.17) is 5.73 Å². The predicted molar refractivity (Wildman–Crippen MR) is 47.0 cm³/mol. The van der Waals surface area contributed by atoms with E-state index >= 15 is 0 Å². The van der Waals surface area contributed by atoms with Crippen LogP contribution in [0.4, 0.5) is 0 Å². The monoisotopic (exact) mass is 321 g/mol. The molecule has 0 atom stereocenters. The van der Waals surface area contributed by atoms with Gasteiger partial charge in [0.2, 0.25) is 0 Å². The standard InChI is InChI=1S/C9H15N.W/c1-5-7(2)9(4)8(3)6-10;/h5H,10H2,1-4H3;/b7-5?,9-8-;. The summed E-state index contributed by atoms with van der Waals surface area (Å²) in [6.07, 6.45) is 2.11. The van der Waals surface area contributed by atoms with Crippen molar-refractivity contribution in [2.24, 2.45) is 5.73 Å². The summed E-state index contributed by atoms with van der Waals surface area (Å²) in [7, 11) is 0. The molecular formula is C9H15NW. The van der Waals surface area contributed by atoms with Gasteiger partial charge in [0.15, 0.2) is 0 Å². The molecule has 0 aliphatic carbocycles. The fourth-order valence-corrected chi connectivity index (χ4v) is 1.25. The quantitative estimate of drug-likeness (QED) is 0.773. The molecule has 0 spiro atoms. The molecule has 2 heteroatoms. The molecule has 0 saturated carbocycles. The average Bonchev–Trinajstić information content (AvgIpc) is 2.00. The van der Waals surface area contributed by atoms with Crippen LogP contribution in [-0.2, 0) is 19.4 Å². The van der Waals surface area contributed by atoms with Crippen LogP contribution in [0.3, 0.4) is 0 Å². The maximum atomic E-state index is 5.70. The van der Waals surface area contributed by atoms with Crippen LogP contribution in [0.25, 0.3) is 0 Å². The molecule has 1 nitrogen and oxygen atoms in total. The summed E-state index contributed by atoms with van der Waals surface area (Å²) in [6.45, 7) is 8.34. The summed E-state index contributed by atoms with van der Waals surface area (Å²) in [4.78, 5) is 0. The Bertz CT molecular complexity index is 224. The average molecular weight is 321 g/mol. The zero-order valence-corrected chi connectivity index (χ0v) is 10.5. The van der Waals surface area contributed by atoms with E-state index in [1.807, 2.05) is 6.92 Å². The molecule has 0 saturated heterocycles. The van der Waals surface area contributed by atoms with Crippen molar-refractivity contribution in [3.63, 3.8) is 0 Å². The van der Waals surface area contributed by atoms with Crippen LogP contribution in [-0.4, -0.2) is 4.02 Å². The molecule has 0 heterocycles. The number of allylic oxidation sites excluding steroid dienone is 3. The van der Waals surface area contributed by atoms with Gasteiger partial charge in [-0.2, -0.15) is 0 Å². The van der Waals surface area contributed by atoms with Gasteiger partial charge in [-0.05, 0) is 0 Å². The fraction of sp³-hybridized carbons (Fsp3) is 0.444. The van der Waals surface area contributed by atoms with Crippen LogP contribution >= 0.6 is 0 Å². The van der Waals surface area contributed by atoms with Crippen LogP contribution in [0.5, 0.6) is 0 Å². The van der Waals surface area contributed by atoms with E-state index < -0.39 is 0 Å². The molecule has 0 rings (SSSR count). The van der Waals surface area contributed by atoms with Gasteiger partial charge in [-0.1, -0.05) is 0 Å². The molecule has 0 unspecified atom stereocenters. The molecule has 2 N–H and O–H groups in total. The van der Waals surface area contributed by atoms with Gasteiger partial charge < -0.3 is 0 Å². The van der Waals surface area contributed by atoms with Crippen molar-refractivity contribution in [3.05, 3.63) is 22.8 Å². The summed E-state index contributed by atoms with van der Waals surface area (Å²) < 4.78 is 0.990. The number of rotatable bonds is 2. The van der Waals surface area contributed by atoms with Crippen molar-refractivity contribution >= 4 is 4.02 Å². The fourth-order valence-electron chi connectivity index (χ4n) is 0.697. The molecule has 0 aliphatic heterocycles. The molecule has 62 valence electrons. The van der Waals surface area contributed by atoms with Crippen molar-refractivity contribution in [2.45, 2.75) is 27.7 Å². The van der Waals surface area contributed by atoms with E-state index in [1.165, 1.54) is 36.1 Å². The summed E-state index contributed by atoms with van der Waals surface area (Å²) in [6, 6.07) is 0. The zero-order valence-electron chi connectivity index (χ0n) is 7.56. The summed E-state index contributed by atoms with van der Waals surface area (Å²) in [5, 5.41) is 0. The van der Waals surface area contributed by atoms with Crippen LogP contribution < -0.4 is 5.73 Å². The van der Waals surface area contributed by atoms with E-state index in [1.54, 1.807) is 0 Å². The summed E-state index contributed by atoms with van der Waals surface area (Å²) in [5.41, 5.74) is 9.55. The van der Waals surface area contributed by atoms with Crippen molar-refractivity contribution in [3.8, 4) is 0 Å². The molecule has 0 aromatic rings. The Morgan fingerprint density at radius 1 is 1.18 bits per heavy atom. The Hall–Kier alpha value is -0.00169. The topological polar surface area (TPSA) is 26.0 Å². The Balaban J connectivity index is 4.81. The van der Waals surface area contributed by atoms with E-state index in [-0.39, 0.29) is 0 Å². The second kappa shape index (κ2) is 4.79. The maximum absolute atomic E-state index is 5.70. The van der Waals surface area contributed by atoms with Crippen molar-refractivity contribution < 1.29 is 19.4 Å². The van der Waals surface area contributed by atoms with Crippen LogP contribution in [0, 0.1) is 0 Å². The van der Waals surface area contributed by atoms with Gasteiger partial charge >= 0.3 is 79.6 Å². The third-order valence-corrected chi connectivity index (χ3v) is 3.06. The third-order valence-electron chi connectivity index (χ3n) is 1.96. The first kappa shape index (κ1) is 11.0. The predicted octanol–water partition coefficient (Wildman–Crippen LogP) is 1.92. The van der Waals surface area contributed by atoms with Gasteiger partial charge in [-0.15, -0.1) is 0 Å². The van der Waals surface area contributed by atoms with E-state index in [2.05, 4.69) is 26.8 Å². The Labute approximate surface area is 79.8 Å². The van der Waals surface area contributed by atoms with Gasteiger partial charge in [-0.25, -0.2) is 0 Å². The SMILES string of the molecule is CC=C(C)/C(C)=C(/C)[C](N)=[W]. The second-order valence-electron chi connectivity index (χ2n) is 2.59. The minimum absolute atomic E-state index is 0.990.